The number of rotatable bonds is 7. The first-order valence-electron chi connectivity index (χ1n) is 6.55. The Labute approximate surface area is 116 Å². The summed E-state index contributed by atoms with van der Waals surface area (Å²) in [5, 5.41) is 6.72. The highest BCUT2D eigenvalue weighted by Gasteiger charge is 2.15. The SMILES string of the molecule is CNC(C)(C)CNCc1ccc(OC)c(C)c1OC. The molecule has 2 N–H and O–H groups in total. The summed E-state index contributed by atoms with van der Waals surface area (Å²) in [6, 6.07) is 4.03. The van der Waals surface area contributed by atoms with Crippen LogP contribution in [0.3, 0.4) is 0 Å². The second-order valence-electron chi connectivity index (χ2n) is 5.32. The molecule has 0 saturated heterocycles. The van der Waals surface area contributed by atoms with Crippen LogP contribution in [0, 0.1) is 6.92 Å². The molecule has 0 radical (unpaired) electrons. The molecule has 0 aromatic heterocycles. The molecule has 4 nitrogen and oxygen atoms in total. The minimum Gasteiger partial charge on any atom is -0.496 e. The molecule has 0 atom stereocenters. The van der Waals surface area contributed by atoms with Gasteiger partial charge in [-0.05, 0) is 33.9 Å². The lowest BCUT2D eigenvalue weighted by Gasteiger charge is -2.24. The van der Waals surface area contributed by atoms with Crippen molar-refractivity contribution in [2.75, 3.05) is 27.8 Å². The van der Waals surface area contributed by atoms with E-state index in [0.29, 0.717) is 0 Å². The lowest BCUT2D eigenvalue weighted by Crippen LogP contribution is -2.45. The van der Waals surface area contributed by atoms with E-state index in [4.69, 9.17) is 9.47 Å². The van der Waals surface area contributed by atoms with E-state index in [2.05, 4.69) is 24.5 Å². The fourth-order valence-corrected chi connectivity index (χ4v) is 1.97. The molecule has 0 aliphatic rings. The lowest BCUT2D eigenvalue weighted by molar-refractivity contribution is 0.375. The van der Waals surface area contributed by atoms with Crippen LogP contribution in [-0.4, -0.2) is 33.4 Å². The van der Waals surface area contributed by atoms with Gasteiger partial charge in [0.2, 0.25) is 0 Å². The molecular weight excluding hydrogens is 240 g/mol. The Morgan fingerprint density at radius 1 is 1.16 bits per heavy atom. The summed E-state index contributed by atoms with van der Waals surface area (Å²) in [4.78, 5) is 0. The quantitative estimate of drug-likeness (QED) is 0.793. The standard InChI is InChI=1S/C15H26N2O2/c1-11-13(18-5)8-7-12(14(11)19-6)9-17-10-15(2,3)16-4/h7-8,16-17H,9-10H2,1-6H3. The topological polar surface area (TPSA) is 42.5 Å². The van der Waals surface area contributed by atoms with E-state index in [1.165, 1.54) is 0 Å². The molecule has 4 heteroatoms. The van der Waals surface area contributed by atoms with Gasteiger partial charge in [-0.25, -0.2) is 0 Å². The van der Waals surface area contributed by atoms with Gasteiger partial charge in [0.05, 0.1) is 14.2 Å². The Morgan fingerprint density at radius 2 is 1.84 bits per heavy atom. The molecule has 0 fully saturated rings. The van der Waals surface area contributed by atoms with Crippen LogP contribution >= 0.6 is 0 Å². The Balaban J connectivity index is 2.76. The number of methoxy groups -OCH3 is 2. The largest absolute Gasteiger partial charge is 0.496 e. The van der Waals surface area contributed by atoms with Crippen LogP contribution < -0.4 is 20.1 Å². The van der Waals surface area contributed by atoms with Gasteiger partial charge in [0.1, 0.15) is 11.5 Å². The lowest BCUT2D eigenvalue weighted by atomic mass is 10.1. The van der Waals surface area contributed by atoms with Crippen LogP contribution in [0.25, 0.3) is 0 Å². The third-order valence-corrected chi connectivity index (χ3v) is 3.42. The van der Waals surface area contributed by atoms with Crippen molar-refractivity contribution >= 4 is 0 Å². The zero-order chi connectivity index (χ0) is 14.5. The molecule has 0 heterocycles. The number of nitrogens with one attached hydrogen (secondary N) is 2. The van der Waals surface area contributed by atoms with Crippen molar-refractivity contribution < 1.29 is 9.47 Å². The molecule has 0 aliphatic carbocycles. The molecule has 108 valence electrons. The highest BCUT2D eigenvalue weighted by Crippen LogP contribution is 2.31. The van der Waals surface area contributed by atoms with E-state index in [0.717, 1.165) is 35.7 Å². The van der Waals surface area contributed by atoms with Gasteiger partial charge in [0, 0.05) is 29.8 Å². The predicted octanol–water partition coefficient (Wildman–Crippen LogP) is 2.10. The van der Waals surface area contributed by atoms with Gasteiger partial charge >= 0.3 is 0 Å². The third kappa shape index (κ3) is 4.11. The van der Waals surface area contributed by atoms with Crippen molar-refractivity contribution in [1.29, 1.82) is 0 Å². The zero-order valence-corrected chi connectivity index (χ0v) is 12.9. The number of benzene rings is 1. The van der Waals surface area contributed by atoms with Crippen molar-refractivity contribution in [1.82, 2.24) is 10.6 Å². The van der Waals surface area contributed by atoms with Crippen LogP contribution in [0.4, 0.5) is 0 Å². The zero-order valence-electron chi connectivity index (χ0n) is 12.9. The summed E-state index contributed by atoms with van der Waals surface area (Å²) in [7, 11) is 5.34. The first-order chi connectivity index (χ1) is 8.95. The number of ether oxygens (including phenoxy) is 2. The van der Waals surface area contributed by atoms with E-state index >= 15 is 0 Å². The van der Waals surface area contributed by atoms with Crippen molar-refractivity contribution in [2.24, 2.45) is 0 Å². The molecule has 0 spiro atoms. The van der Waals surface area contributed by atoms with Crippen LogP contribution in [0.2, 0.25) is 0 Å². The maximum Gasteiger partial charge on any atom is 0.129 e. The van der Waals surface area contributed by atoms with Crippen molar-refractivity contribution in [3.63, 3.8) is 0 Å². The number of hydrogen-bond donors (Lipinski definition) is 2. The Bertz CT molecular complexity index is 417. The van der Waals surface area contributed by atoms with Crippen molar-refractivity contribution in [3.8, 4) is 11.5 Å². The highest BCUT2D eigenvalue weighted by atomic mass is 16.5. The summed E-state index contributed by atoms with van der Waals surface area (Å²) < 4.78 is 10.8. The van der Waals surface area contributed by atoms with Gasteiger partial charge in [-0.1, -0.05) is 6.07 Å². The molecule has 1 aromatic rings. The average Bonchev–Trinajstić information content (AvgIpc) is 2.39. The normalized spacial score (nSPS) is 11.5. The van der Waals surface area contributed by atoms with Crippen molar-refractivity contribution in [3.05, 3.63) is 23.3 Å². The summed E-state index contributed by atoms with van der Waals surface area (Å²) in [5.41, 5.74) is 2.26. The fraction of sp³-hybridized carbons (Fsp3) is 0.600. The third-order valence-electron chi connectivity index (χ3n) is 3.42. The Kier molecular flexibility index (Phi) is 5.63. The first-order valence-corrected chi connectivity index (χ1v) is 6.55. The summed E-state index contributed by atoms with van der Waals surface area (Å²) in [6.45, 7) is 8.00. The highest BCUT2D eigenvalue weighted by molar-refractivity contribution is 5.49. The second-order valence-corrected chi connectivity index (χ2v) is 5.32. The monoisotopic (exact) mass is 266 g/mol. The second kappa shape index (κ2) is 6.78. The van der Waals surface area contributed by atoms with Crippen LogP contribution in [0.15, 0.2) is 12.1 Å². The molecule has 1 rings (SSSR count). The van der Waals surface area contributed by atoms with E-state index in [-0.39, 0.29) is 5.54 Å². The Morgan fingerprint density at radius 3 is 2.37 bits per heavy atom. The molecule has 19 heavy (non-hydrogen) atoms. The maximum absolute atomic E-state index is 5.49. The van der Waals surface area contributed by atoms with Crippen LogP contribution in [0.1, 0.15) is 25.0 Å². The molecule has 1 aromatic carbocycles. The minimum atomic E-state index is 0.0781. The van der Waals surface area contributed by atoms with Crippen LogP contribution in [0.5, 0.6) is 11.5 Å². The predicted molar refractivity (Wildman–Crippen MR) is 79.1 cm³/mol. The fourth-order valence-electron chi connectivity index (χ4n) is 1.97. The van der Waals surface area contributed by atoms with Gasteiger partial charge in [0.15, 0.2) is 0 Å². The van der Waals surface area contributed by atoms with Gasteiger partial charge < -0.3 is 20.1 Å². The first kappa shape index (κ1) is 15.8. The van der Waals surface area contributed by atoms with Gasteiger partial charge in [-0.15, -0.1) is 0 Å². The van der Waals surface area contributed by atoms with E-state index in [1.54, 1.807) is 14.2 Å². The van der Waals surface area contributed by atoms with Gasteiger partial charge in [-0.3, -0.25) is 0 Å². The van der Waals surface area contributed by atoms with E-state index in [1.807, 2.05) is 26.1 Å². The van der Waals surface area contributed by atoms with Gasteiger partial charge in [0.25, 0.3) is 0 Å². The van der Waals surface area contributed by atoms with E-state index < -0.39 is 0 Å². The summed E-state index contributed by atoms with van der Waals surface area (Å²) in [6.07, 6.45) is 0. The molecule has 0 bridgehead atoms. The number of hydrogen-bond acceptors (Lipinski definition) is 4. The van der Waals surface area contributed by atoms with E-state index in [9.17, 15) is 0 Å². The minimum absolute atomic E-state index is 0.0781. The van der Waals surface area contributed by atoms with Crippen molar-refractivity contribution in [2.45, 2.75) is 32.9 Å². The van der Waals surface area contributed by atoms with Crippen LogP contribution in [-0.2, 0) is 6.54 Å². The molecule has 0 unspecified atom stereocenters. The summed E-state index contributed by atoms with van der Waals surface area (Å²) >= 11 is 0. The molecular formula is C15H26N2O2. The van der Waals surface area contributed by atoms with Gasteiger partial charge in [-0.2, -0.15) is 0 Å². The molecule has 0 amide bonds. The Hall–Kier alpha value is -1.26. The molecule has 0 saturated carbocycles. The maximum atomic E-state index is 5.49. The molecule has 0 aliphatic heterocycles. The summed E-state index contributed by atoms with van der Waals surface area (Å²) in [5.74, 6) is 1.75. The average molecular weight is 266 g/mol. The smallest absolute Gasteiger partial charge is 0.129 e. The number of likely N-dealkylation sites (N-methyl/N-ethyl adjacent to an activating group) is 1.